The molecule has 0 atom stereocenters. The summed E-state index contributed by atoms with van der Waals surface area (Å²) in [6, 6.07) is 6.45. The summed E-state index contributed by atoms with van der Waals surface area (Å²) in [6.45, 7) is 3.31. The highest BCUT2D eigenvalue weighted by molar-refractivity contribution is 14.0. The second-order valence-corrected chi connectivity index (χ2v) is 4.95. The molecule has 1 aromatic rings. The van der Waals surface area contributed by atoms with Crippen LogP contribution in [0.5, 0.6) is 5.75 Å². The minimum atomic E-state index is -4.33. The van der Waals surface area contributed by atoms with Gasteiger partial charge in [-0.2, -0.15) is 13.2 Å². The number of benzene rings is 1. The fourth-order valence-electron chi connectivity index (χ4n) is 1.80. The second kappa shape index (κ2) is 13.0. The molecule has 0 unspecified atom stereocenters. The Hall–Kier alpha value is -1.23. The molecule has 0 fully saturated rings. The SMILES string of the molecule is CCOCCCNC(=NC)NCc1ccc(OCC(F)(F)F)cc1.I. The molecule has 1 rings (SSSR count). The van der Waals surface area contributed by atoms with Crippen LogP contribution in [-0.2, 0) is 11.3 Å². The maximum Gasteiger partial charge on any atom is 0.422 e. The van der Waals surface area contributed by atoms with Crippen LogP contribution in [0.15, 0.2) is 29.3 Å². The highest BCUT2D eigenvalue weighted by Gasteiger charge is 2.28. The van der Waals surface area contributed by atoms with Crippen LogP contribution in [0.25, 0.3) is 0 Å². The van der Waals surface area contributed by atoms with E-state index in [-0.39, 0.29) is 29.7 Å². The van der Waals surface area contributed by atoms with E-state index >= 15 is 0 Å². The van der Waals surface area contributed by atoms with Gasteiger partial charge in [-0.1, -0.05) is 12.1 Å². The summed E-state index contributed by atoms with van der Waals surface area (Å²) in [5, 5.41) is 6.29. The summed E-state index contributed by atoms with van der Waals surface area (Å²) < 4.78 is 46.1. The smallest absolute Gasteiger partial charge is 0.422 e. The molecule has 0 aliphatic carbocycles. The number of nitrogens with zero attached hydrogens (tertiary/aromatic N) is 1. The van der Waals surface area contributed by atoms with E-state index in [4.69, 9.17) is 4.74 Å². The largest absolute Gasteiger partial charge is 0.484 e. The molecule has 0 saturated heterocycles. The first kappa shape index (κ1) is 23.8. The lowest BCUT2D eigenvalue weighted by Gasteiger charge is -2.13. The number of halogens is 4. The number of guanidine groups is 1. The summed E-state index contributed by atoms with van der Waals surface area (Å²) in [5.74, 6) is 0.846. The molecule has 0 aromatic heterocycles. The molecule has 1 aromatic carbocycles. The number of hydrogen-bond acceptors (Lipinski definition) is 3. The fraction of sp³-hybridized carbons (Fsp3) is 0.562. The molecule has 2 N–H and O–H groups in total. The number of hydrogen-bond donors (Lipinski definition) is 2. The van der Waals surface area contributed by atoms with Crippen LogP contribution in [0.1, 0.15) is 18.9 Å². The van der Waals surface area contributed by atoms with Crippen LogP contribution in [0.3, 0.4) is 0 Å². The molecule has 0 spiro atoms. The average Bonchev–Trinajstić information content (AvgIpc) is 2.56. The van der Waals surface area contributed by atoms with E-state index in [2.05, 4.69) is 20.4 Å². The normalized spacial score (nSPS) is 11.6. The van der Waals surface area contributed by atoms with Crippen molar-refractivity contribution in [1.29, 1.82) is 0 Å². The van der Waals surface area contributed by atoms with Gasteiger partial charge in [-0.05, 0) is 31.0 Å². The van der Waals surface area contributed by atoms with Crippen LogP contribution in [0.4, 0.5) is 13.2 Å². The van der Waals surface area contributed by atoms with Gasteiger partial charge in [0.25, 0.3) is 0 Å². The fourth-order valence-corrected chi connectivity index (χ4v) is 1.80. The molecule has 0 aliphatic heterocycles. The van der Waals surface area contributed by atoms with E-state index < -0.39 is 12.8 Å². The van der Waals surface area contributed by atoms with Crippen molar-refractivity contribution in [1.82, 2.24) is 10.6 Å². The molecular weight excluding hydrogens is 450 g/mol. The summed E-state index contributed by atoms with van der Waals surface area (Å²) in [7, 11) is 1.67. The zero-order valence-corrected chi connectivity index (χ0v) is 16.7. The number of alkyl halides is 3. The van der Waals surface area contributed by atoms with E-state index in [0.29, 0.717) is 25.7 Å². The predicted molar refractivity (Wildman–Crippen MR) is 103 cm³/mol. The number of ether oxygens (including phenoxy) is 2. The van der Waals surface area contributed by atoms with Crippen LogP contribution < -0.4 is 15.4 Å². The van der Waals surface area contributed by atoms with Gasteiger partial charge < -0.3 is 20.1 Å². The lowest BCUT2D eigenvalue weighted by Crippen LogP contribution is -2.37. The van der Waals surface area contributed by atoms with Gasteiger partial charge >= 0.3 is 6.18 Å². The van der Waals surface area contributed by atoms with Gasteiger partial charge in [-0.15, -0.1) is 24.0 Å². The Balaban J connectivity index is 0.00000576. The Morgan fingerprint density at radius 3 is 2.40 bits per heavy atom. The van der Waals surface area contributed by atoms with Gasteiger partial charge in [0.2, 0.25) is 0 Å². The second-order valence-electron chi connectivity index (χ2n) is 4.95. The van der Waals surface area contributed by atoms with Crippen molar-refractivity contribution in [3.63, 3.8) is 0 Å². The van der Waals surface area contributed by atoms with E-state index in [1.807, 2.05) is 6.92 Å². The maximum absolute atomic E-state index is 12.1. The molecule has 5 nitrogen and oxygen atoms in total. The molecule has 0 radical (unpaired) electrons. The zero-order valence-electron chi connectivity index (χ0n) is 14.4. The lowest BCUT2D eigenvalue weighted by atomic mass is 10.2. The quantitative estimate of drug-likeness (QED) is 0.249. The summed E-state index contributed by atoms with van der Waals surface area (Å²) in [5.41, 5.74) is 0.909. The van der Waals surface area contributed by atoms with Crippen molar-refractivity contribution in [3.05, 3.63) is 29.8 Å². The molecule has 25 heavy (non-hydrogen) atoms. The van der Waals surface area contributed by atoms with Crippen LogP contribution in [0, 0.1) is 0 Å². The molecule has 0 heterocycles. The summed E-state index contributed by atoms with van der Waals surface area (Å²) in [6.07, 6.45) is -3.46. The van der Waals surface area contributed by atoms with Gasteiger partial charge in [0.1, 0.15) is 5.75 Å². The van der Waals surface area contributed by atoms with Gasteiger partial charge in [-0.25, -0.2) is 0 Å². The molecule has 9 heteroatoms. The van der Waals surface area contributed by atoms with Gasteiger partial charge in [-0.3, -0.25) is 4.99 Å². The third-order valence-corrected chi connectivity index (χ3v) is 2.97. The van der Waals surface area contributed by atoms with Crippen LogP contribution >= 0.6 is 24.0 Å². The highest BCUT2D eigenvalue weighted by Crippen LogP contribution is 2.18. The van der Waals surface area contributed by atoms with Gasteiger partial charge in [0.05, 0.1) is 0 Å². The van der Waals surface area contributed by atoms with Crippen LogP contribution in [-0.4, -0.2) is 45.5 Å². The number of rotatable bonds is 9. The molecular formula is C16H25F3IN3O2. The Morgan fingerprint density at radius 1 is 1.16 bits per heavy atom. The molecule has 144 valence electrons. The van der Waals surface area contributed by atoms with Crippen molar-refractivity contribution in [2.45, 2.75) is 26.1 Å². The first-order valence-electron chi connectivity index (χ1n) is 7.75. The number of nitrogens with one attached hydrogen (secondary N) is 2. The molecule has 0 bridgehead atoms. The van der Waals surface area contributed by atoms with E-state index in [0.717, 1.165) is 18.5 Å². The minimum absolute atomic E-state index is 0. The van der Waals surface area contributed by atoms with Crippen molar-refractivity contribution in [2.75, 3.05) is 33.4 Å². The van der Waals surface area contributed by atoms with Crippen molar-refractivity contribution >= 4 is 29.9 Å². The van der Waals surface area contributed by atoms with Crippen molar-refractivity contribution in [2.24, 2.45) is 4.99 Å². The monoisotopic (exact) mass is 475 g/mol. The summed E-state index contributed by atoms with van der Waals surface area (Å²) in [4.78, 5) is 4.10. The van der Waals surface area contributed by atoms with E-state index in [1.54, 1.807) is 19.2 Å². The zero-order chi connectivity index (χ0) is 17.8. The van der Waals surface area contributed by atoms with Gasteiger partial charge in [0, 0.05) is 33.4 Å². The standard InChI is InChI=1S/C16H24F3N3O2.HI/c1-3-23-10-4-9-21-15(20-2)22-11-13-5-7-14(8-6-13)24-12-16(17,18)19;/h5-8H,3-4,9-12H2,1-2H3,(H2,20,21,22);1H. The lowest BCUT2D eigenvalue weighted by molar-refractivity contribution is -0.153. The first-order valence-corrected chi connectivity index (χ1v) is 7.75. The van der Waals surface area contributed by atoms with E-state index in [9.17, 15) is 13.2 Å². The van der Waals surface area contributed by atoms with Gasteiger partial charge in [0.15, 0.2) is 12.6 Å². The molecule has 0 aliphatic rings. The third kappa shape index (κ3) is 11.9. The van der Waals surface area contributed by atoms with Crippen LogP contribution in [0.2, 0.25) is 0 Å². The Bertz CT molecular complexity index is 496. The third-order valence-electron chi connectivity index (χ3n) is 2.97. The Kier molecular flexibility index (Phi) is 12.4. The topological polar surface area (TPSA) is 54.9 Å². The highest BCUT2D eigenvalue weighted by atomic mass is 127. The van der Waals surface area contributed by atoms with Crippen molar-refractivity contribution < 1.29 is 22.6 Å². The predicted octanol–water partition coefficient (Wildman–Crippen LogP) is 3.34. The summed E-state index contributed by atoms with van der Waals surface area (Å²) >= 11 is 0. The minimum Gasteiger partial charge on any atom is -0.484 e. The first-order chi connectivity index (χ1) is 11.4. The Morgan fingerprint density at radius 2 is 1.84 bits per heavy atom. The number of aliphatic imine (C=N–C) groups is 1. The average molecular weight is 475 g/mol. The van der Waals surface area contributed by atoms with Crippen molar-refractivity contribution in [3.8, 4) is 5.75 Å². The van der Waals surface area contributed by atoms with E-state index in [1.165, 1.54) is 12.1 Å². The Labute approximate surface area is 163 Å². The maximum atomic E-state index is 12.1. The molecule has 0 amide bonds. The molecule has 0 saturated carbocycles.